The van der Waals surface area contributed by atoms with Crippen LogP contribution in [0.2, 0.25) is 0 Å². The average Bonchev–Trinajstić information content (AvgIpc) is 2.42. The molecule has 0 aromatic carbocycles. The Morgan fingerprint density at radius 1 is 1.58 bits per heavy atom. The van der Waals surface area contributed by atoms with Gasteiger partial charge in [0.2, 0.25) is 15.9 Å². The second-order valence-electron chi connectivity index (χ2n) is 4.54. The highest BCUT2D eigenvalue weighted by molar-refractivity contribution is 7.89. The van der Waals surface area contributed by atoms with Crippen LogP contribution in [0, 0.1) is 5.92 Å². The van der Waals surface area contributed by atoms with E-state index in [1.807, 2.05) is 0 Å². The van der Waals surface area contributed by atoms with Crippen LogP contribution in [0.3, 0.4) is 0 Å². The molecular formula is C12H22N2O4S. The zero-order chi connectivity index (χ0) is 14.3. The third-order valence-corrected chi connectivity index (χ3v) is 4.92. The van der Waals surface area contributed by atoms with Gasteiger partial charge in [0.15, 0.2) is 0 Å². The minimum Gasteiger partial charge on any atom is -0.384 e. The fourth-order valence-corrected chi connectivity index (χ4v) is 3.49. The Hall–Kier alpha value is -0.920. The second kappa shape index (κ2) is 7.62. The summed E-state index contributed by atoms with van der Waals surface area (Å²) in [5.74, 6) is -0.414. The number of rotatable bonds is 7. The Balaban J connectivity index is 2.58. The Kier molecular flexibility index (Phi) is 6.47. The zero-order valence-electron chi connectivity index (χ0n) is 11.3. The monoisotopic (exact) mass is 290 g/mol. The summed E-state index contributed by atoms with van der Waals surface area (Å²) in [7, 11) is -1.85. The predicted octanol–water partition coefficient (Wildman–Crippen LogP) is -0.0232. The van der Waals surface area contributed by atoms with Gasteiger partial charge in [-0.3, -0.25) is 4.79 Å². The summed E-state index contributed by atoms with van der Waals surface area (Å²) < 4.78 is 30.2. The number of methoxy groups -OCH3 is 1. The molecule has 0 aliphatic carbocycles. The first-order valence-corrected chi connectivity index (χ1v) is 7.97. The van der Waals surface area contributed by atoms with Gasteiger partial charge in [-0.1, -0.05) is 6.08 Å². The molecule has 1 fully saturated rings. The van der Waals surface area contributed by atoms with E-state index in [1.54, 1.807) is 6.08 Å². The Morgan fingerprint density at radius 2 is 2.32 bits per heavy atom. The molecule has 110 valence electrons. The molecule has 6 nitrogen and oxygen atoms in total. The molecule has 0 aromatic heterocycles. The standard InChI is InChI=1S/C12H22N2O4S/c1-3-6-13-12(15)11-5-4-7-14(10-11)19(16,17)9-8-18-2/h3,11H,1,4-10H2,2H3,(H,13,15). The number of piperidine rings is 1. The van der Waals surface area contributed by atoms with Crippen LogP contribution in [0.25, 0.3) is 0 Å². The van der Waals surface area contributed by atoms with Gasteiger partial charge >= 0.3 is 0 Å². The van der Waals surface area contributed by atoms with E-state index in [0.717, 1.165) is 6.42 Å². The molecule has 1 aliphatic rings. The van der Waals surface area contributed by atoms with E-state index in [4.69, 9.17) is 4.74 Å². The smallest absolute Gasteiger partial charge is 0.224 e. The van der Waals surface area contributed by atoms with Crippen LogP contribution < -0.4 is 5.32 Å². The molecule has 1 unspecified atom stereocenters. The van der Waals surface area contributed by atoms with Crippen LogP contribution in [-0.4, -0.2) is 57.7 Å². The van der Waals surface area contributed by atoms with Crippen molar-refractivity contribution in [3.05, 3.63) is 12.7 Å². The van der Waals surface area contributed by atoms with Gasteiger partial charge in [0.25, 0.3) is 0 Å². The van der Waals surface area contributed by atoms with Crippen LogP contribution in [0.15, 0.2) is 12.7 Å². The first-order valence-electron chi connectivity index (χ1n) is 6.36. The molecule has 1 atom stereocenters. The summed E-state index contributed by atoms with van der Waals surface area (Å²) in [5.41, 5.74) is 0. The topological polar surface area (TPSA) is 75.7 Å². The highest BCUT2D eigenvalue weighted by atomic mass is 32.2. The molecule has 1 saturated heterocycles. The van der Waals surface area contributed by atoms with Crippen LogP contribution in [0.4, 0.5) is 0 Å². The van der Waals surface area contributed by atoms with Crippen molar-refractivity contribution in [3.8, 4) is 0 Å². The summed E-state index contributed by atoms with van der Waals surface area (Å²) >= 11 is 0. The van der Waals surface area contributed by atoms with Crippen molar-refractivity contribution in [1.82, 2.24) is 9.62 Å². The molecule has 7 heteroatoms. The Bertz CT molecular complexity index is 408. The highest BCUT2D eigenvalue weighted by Crippen LogP contribution is 2.19. The predicted molar refractivity (Wildman–Crippen MR) is 73.2 cm³/mol. The first-order chi connectivity index (χ1) is 9.01. The maximum absolute atomic E-state index is 12.0. The van der Waals surface area contributed by atoms with Crippen molar-refractivity contribution in [2.45, 2.75) is 12.8 Å². The van der Waals surface area contributed by atoms with E-state index in [2.05, 4.69) is 11.9 Å². The van der Waals surface area contributed by atoms with Gasteiger partial charge in [0.05, 0.1) is 18.3 Å². The molecule has 1 heterocycles. The molecule has 19 heavy (non-hydrogen) atoms. The Labute approximate surface area is 114 Å². The number of amides is 1. The number of hydrogen-bond acceptors (Lipinski definition) is 4. The minimum absolute atomic E-state index is 0.0372. The molecule has 0 radical (unpaired) electrons. The fourth-order valence-electron chi connectivity index (χ4n) is 2.04. The highest BCUT2D eigenvalue weighted by Gasteiger charge is 2.31. The number of nitrogens with zero attached hydrogens (tertiary/aromatic N) is 1. The maximum atomic E-state index is 12.0. The van der Waals surface area contributed by atoms with Crippen LogP contribution in [0.1, 0.15) is 12.8 Å². The lowest BCUT2D eigenvalue weighted by molar-refractivity contribution is -0.125. The number of sulfonamides is 1. The van der Waals surface area contributed by atoms with Crippen LogP contribution in [-0.2, 0) is 19.6 Å². The lowest BCUT2D eigenvalue weighted by Crippen LogP contribution is -2.46. The van der Waals surface area contributed by atoms with Gasteiger partial charge in [-0.25, -0.2) is 12.7 Å². The number of carbonyl (C=O) groups excluding carboxylic acids is 1. The lowest BCUT2D eigenvalue weighted by atomic mass is 9.99. The van der Waals surface area contributed by atoms with Crippen LogP contribution >= 0.6 is 0 Å². The maximum Gasteiger partial charge on any atom is 0.224 e. The van der Waals surface area contributed by atoms with Crippen molar-refractivity contribution in [3.63, 3.8) is 0 Å². The van der Waals surface area contributed by atoms with E-state index < -0.39 is 10.0 Å². The molecule has 1 rings (SSSR count). The van der Waals surface area contributed by atoms with Gasteiger partial charge in [0.1, 0.15) is 0 Å². The molecule has 0 saturated carbocycles. The summed E-state index contributed by atoms with van der Waals surface area (Å²) in [4.78, 5) is 11.8. The molecule has 1 aliphatic heterocycles. The molecule has 1 N–H and O–H groups in total. The second-order valence-corrected chi connectivity index (χ2v) is 6.63. The summed E-state index contributed by atoms with van der Waals surface area (Å²) in [6.45, 7) is 4.85. The van der Waals surface area contributed by atoms with Gasteiger partial charge < -0.3 is 10.1 Å². The van der Waals surface area contributed by atoms with Crippen molar-refractivity contribution in [2.75, 3.05) is 39.1 Å². The normalized spacial score (nSPS) is 21.0. The fraction of sp³-hybridized carbons (Fsp3) is 0.750. The Morgan fingerprint density at radius 3 is 2.95 bits per heavy atom. The van der Waals surface area contributed by atoms with E-state index in [0.29, 0.717) is 19.5 Å². The summed E-state index contributed by atoms with van der Waals surface area (Å²) in [6, 6.07) is 0. The van der Waals surface area contributed by atoms with E-state index in [-0.39, 0.29) is 30.7 Å². The van der Waals surface area contributed by atoms with Crippen molar-refractivity contribution >= 4 is 15.9 Å². The van der Waals surface area contributed by atoms with Crippen LogP contribution in [0.5, 0.6) is 0 Å². The van der Waals surface area contributed by atoms with Crippen molar-refractivity contribution in [2.24, 2.45) is 5.92 Å². The van der Waals surface area contributed by atoms with E-state index in [1.165, 1.54) is 11.4 Å². The number of nitrogens with one attached hydrogen (secondary N) is 1. The summed E-state index contributed by atoms with van der Waals surface area (Å²) in [5, 5.41) is 2.71. The van der Waals surface area contributed by atoms with E-state index >= 15 is 0 Å². The molecule has 1 amide bonds. The summed E-state index contributed by atoms with van der Waals surface area (Å²) in [6.07, 6.45) is 3.03. The minimum atomic E-state index is -3.32. The van der Waals surface area contributed by atoms with Gasteiger partial charge in [-0.2, -0.15) is 0 Å². The molecule has 0 bridgehead atoms. The van der Waals surface area contributed by atoms with Crippen molar-refractivity contribution in [1.29, 1.82) is 0 Å². The number of ether oxygens (including phenoxy) is 1. The van der Waals surface area contributed by atoms with E-state index in [9.17, 15) is 13.2 Å². The third kappa shape index (κ3) is 4.93. The quantitative estimate of drug-likeness (QED) is 0.669. The van der Waals surface area contributed by atoms with Gasteiger partial charge in [-0.15, -0.1) is 6.58 Å². The van der Waals surface area contributed by atoms with Gasteiger partial charge in [0, 0.05) is 26.7 Å². The molecule has 0 spiro atoms. The third-order valence-electron chi connectivity index (χ3n) is 3.11. The first kappa shape index (κ1) is 16.1. The molecule has 0 aromatic rings. The lowest BCUT2D eigenvalue weighted by Gasteiger charge is -2.31. The largest absolute Gasteiger partial charge is 0.384 e. The van der Waals surface area contributed by atoms with Gasteiger partial charge in [-0.05, 0) is 12.8 Å². The molecular weight excluding hydrogens is 268 g/mol. The van der Waals surface area contributed by atoms with Crippen molar-refractivity contribution < 1.29 is 17.9 Å². The number of hydrogen-bond donors (Lipinski definition) is 1. The number of carbonyl (C=O) groups is 1. The zero-order valence-corrected chi connectivity index (χ0v) is 12.1. The SMILES string of the molecule is C=CCNC(=O)C1CCCN(S(=O)(=O)CCOC)C1. The average molecular weight is 290 g/mol.